The summed E-state index contributed by atoms with van der Waals surface area (Å²) in [6.45, 7) is 12.1. The molecule has 0 aromatic carbocycles. The van der Waals surface area contributed by atoms with Gasteiger partial charge in [-0.3, -0.25) is 9.88 Å². The minimum absolute atomic E-state index is 0.855. The minimum atomic E-state index is 0.855. The van der Waals surface area contributed by atoms with Crippen LogP contribution in [-0.2, 0) is 4.74 Å². The average Bonchev–Trinajstić information content (AvgIpc) is 2.62. The Hall–Kier alpha value is -1.24. The fourth-order valence-electron chi connectivity index (χ4n) is 3.83. The fourth-order valence-corrected chi connectivity index (χ4v) is 3.83. The zero-order valence-electron chi connectivity index (χ0n) is 15.2. The number of piperazine rings is 1. The highest BCUT2D eigenvalue weighted by Crippen LogP contribution is 2.21. The lowest BCUT2D eigenvalue weighted by Crippen LogP contribution is -2.49. The minimum Gasteiger partial charge on any atom is -0.383 e. The maximum absolute atomic E-state index is 5.18. The molecule has 1 aromatic rings. The number of aryl methyl sites for hydroxylation is 1. The lowest BCUT2D eigenvalue weighted by molar-refractivity contribution is 0.105. The molecule has 2 aliphatic heterocycles. The molecular formula is C18H31N5O. The Balaban J connectivity index is 1.39. The van der Waals surface area contributed by atoms with Crippen molar-refractivity contribution in [3.8, 4) is 0 Å². The highest BCUT2D eigenvalue weighted by atomic mass is 16.5. The Labute approximate surface area is 145 Å². The van der Waals surface area contributed by atoms with E-state index in [1.807, 2.05) is 6.92 Å². The van der Waals surface area contributed by atoms with Crippen LogP contribution in [0.1, 0.15) is 18.5 Å². The summed E-state index contributed by atoms with van der Waals surface area (Å²) in [5.41, 5.74) is 1.04. The van der Waals surface area contributed by atoms with Crippen molar-refractivity contribution in [1.29, 1.82) is 0 Å². The Bertz CT molecular complexity index is 496. The van der Waals surface area contributed by atoms with E-state index in [2.05, 4.69) is 24.7 Å². The first kappa shape index (κ1) is 17.6. The molecule has 0 bridgehead atoms. The number of anilines is 1. The largest absolute Gasteiger partial charge is 0.383 e. The van der Waals surface area contributed by atoms with Crippen LogP contribution in [0.5, 0.6) is 0 Å². The molecule has 24 heavy (non-hydrogen) atoms. The maximum atomic E-state index is 5.18. The van der Waals surface area contributed by atoms with E-state index in [0.717, 1.165) is 56.8 Å². The van der Waals surface area contributed by atoms with Crippen LogP contribution in [0.15, 0.2) is 12.4 Å². The molecule has 0 N–H and O–H groups in total. The molecule has 0 aliphatic carbocycles. The van der Waals surface area contributed by atoms with Crippen LogP contribution in [0, 0.1) is 12.8 Å². The molecule has 6 nitrogen and oxygen atoms in total. The number of hydrogen-bond donors (Lipinski definition) is 0. The summed E-state index contributed by atoms with van der Waals surface area (Å²) in [5, 5.41) is 0. The SMILES string of the molecule is COCCN1CCC(CN2CCN(c3nccnc3C)CC2)CC1. The van der Waals surface area contributed by atoms with Crippen molar-refractivity contribution in [1.82, 2.24) is 19.8 Å². The normalized spacial score (nSPS) is 21.3. The third kappa shape index (κ3) is 4.65. The number of methoxy groups -OCH3 is 1. The summed E-state index contributed by atoms with van der Waals surface area (Å²) in [6.07, 6.45) is 6.22. The Kier molecular flexibility index (Phi) is 6.40. The van der Waals surface area contributed by atoms with Gasteiger partial charge in [-0.05, 0) is 38.8 Å². The van der Waals surface area contributed by atoms with Gasteiger partial charge in [-0.1, -0.05) is 0 Å². The van der Waals surface area contributed by atoms with Crippen molar-refractivity contribution < 1.29 is 4.74 Å². The number of piperidine rings is 1. The molecule has 0 unspecified atom stereocenters. The third-order valence-corrected chi connectivity index (χ3v) is 5.36. The summed E-state index contributed by atoms with van der Waals surface area (Å²) >= 11 is 0. The number of rotatable bonds is 6. The molecule has 6 heteroatoms. The fraction of sp³-hybridized carbons (Fsp3) is 0.778. The van der Waals surface area contributed by atoms with E-state index < -0.39 is 0 Å². The van der Waals surface area contributed by atoms with Crippen molar-refractivity contribution in [3.63, 3.8) is 0 Å². The van der Waals surface area contributed by atoms with E-state index in [0.29, 0.717) is 0 Å². The average molecular weight is 333 g/mol. The smallest absolute Gasteiger partial charge is 0.150 e. The second-order valence-corrected chi connectivity index (χ2v) is 7.03. The van der Waals surface area contributed by atoms with Gasteiger partial charge in [-0.15, -0.1) is 0 Å². The standard InChI is InChI=1S/C18H31N5O/c1-16-18(20-6-5-19-16)23-11-9-22(10-12-23)15-17-3-7-21(8-4-17)13-14-24-2/h5-6,17H,3-4,7-15H2,1-2H3. The van der Waals surface area contributed by atoms with Crippen molar-refractivity contribution in [3.05, 3.63) is 18.1 Å². The summed E-state index contributed by atoms with van der Waals surface area (Å²) in [5.74, 6) is 1.91. The molecule has 134 valence electrons. The summed E-state index contributed by atoms with van der Waals surface area (Å²) in [7, 11) is 1.79. The lowest BCUT2D eigenvalue weighted by Gasteiger charge is -2.39. The zero-order chi connectivity index (χ0) is 16.8. The van der Waals surface area contributed by atoms with Gasteiger partial charge in [0.25, 0.3) is 0 Å². The third-order valence-electron chi connectivity index (χ3n) is 5.36. The van der Waals surface area contributed by atoms with E-state index in [4.69, 9.17) is 4.74 Å². The Morgan fingerprint density at radius 3 is 2.38 bits per heavy atom. The number of aromatic nitrogens is 2. The Morgan fingerprint density at radius 2 is 1.71 bits per heavy atom. The molecular weight excluding hydrogens is 302 g/mol. The molecule has 2 fully saturated rings. The zero-order valence-corrected chi connectivity index (χ0v) is 15.2. The van der Waals surface area contributed by atoms with E-state index in [-0.39, 0.29) is 0 Å². The number of hydrogen-bond acceptors (Lipinski definition) is 6. The van der Waals surface area contributed by atoms with Gasteiger partial charge in [0.2, 0.25) is 0 Å². The molecule has 0 spiro atoms. The molecule has 0 atom stereocenters. The van der Waals surface area contributed by atoms with Gasteiger partial charge >= 0.3 is 0 Å². The summed E-state index contributed by atoms with van der Waals surface area (Å²) in [6, 6.07) is 0. The number of nitrogens with zero attached hydrogens (tertiary/aromatic N) is 5. The maximum Gasteiger partial charge on any atom is 0.150 e. The van der Waals surface area contributed by atoms with Crippen molar-refractivity contribution in [2.45, 2.75) is 19.8 Å². The molecule has 2 aliphatic rings. The first-order chi connectivity index (χ1) is 11.8. The molecule has 1 aromatic heterocycles. The molecule has 0 saturated carbocycles. The lowest BCUT2D eigenvalue weighted by atomic mass is 9.96. The second-order valence-electron chi connectivity index (χ2n) is 7.03. The predicted molar refractivity (Wildman–Crippen MR) is 96.5 cm³/mol. The van der Waals surface area contributed by atoms with Crippen LogP contribution in [0.3, 0.4) is 0 Å². The predicted octanol–water partition coefficient (Wildman–Crippen LogP) is 1.27. The summed E-state index contributed by atoms with van der Waals surface area (Å²) in [4.78, 5) is 16.4. The van der Waals surface area contributed by atoms with Crippen LogP contribution < -0.4 is 4.90 Å². The highest BCUT2D eigenvalue weighted by molar-refractivity contribution is 5.42. The molecule has 3 heterocycles. The topological polar surface area (TPSA) is 44.7 Å². The van der Waals surface area contributed by atoms with Gasteiger partial charge < -0.3 is 14.5 Å². The molecule has 3 rings (SSSR count). The van der Waals surface area contributed by atoms with Gasteiger partial charge in [0, 0.05) is 58.8 Å². The first-order valence-electron chi connectivity index (χ1n) is 9.22. The van der Waals surface area contributed by atoms with E-state index in [1.165, 1.54) is 32.5 Å². The molecule has 0 amide bonds. The monoisotopic (exact) mass is 333 g/mol. The number of ether oxygens (including phenoxy) is 1. The van der Waals surface area contributed by atoms with Crippen LogP contribution in [0.25, 0.3) is 0 Å². The van der Waals surface area contributed by atoms with Gasteiger partial charge in [-0.25, -0.2) is 4.98 Å². The van der Waals surface area contributed by atoms with Gasteiger partial charge in [0.05, 0.1) is 12.3 Å². The highest BCUT2D eigenvalue weighted by Gasteiger charge is 2.24. The van der Waals surface area contributed by atoms with E-state index in [9.17, 15) is 0 Å². The van der Waals surface area contributed by atoms with Gasteiger partial charge in [0.1, 0.15) is 5.82 Å². The van der Waals surface area contributed by atoms with Crippen molar-refractivity contribution in [2.75, 3.05) is 71.0 Å². The van der Waals surface area contributed by atoms with E-state index >= 15 is 0 Å². The van der Waals surface area contributed by atoms with Gasteiger partial charge in [0.15, 0.2) is 0 Å². The van der Waals surface area contributed by atoms with Crippen molar-refractivity contribution in [2.24, 2.45) is 5.92 Å². The van der Waals surface area contributed by atoms with Crippen LogP contribution >= 0.6 is 0 Å². The van der Waals surface area contributed by atoms with Crippen LogP contribution in [0.2, 0.25) is 0 Å². The summed E-state index contributed by atoms with van der Waals surface area (Å²) < 4.78 is 5.18. The van der Waals surface area contributed by atoms with Crippen LogP contribution in [-0.4, -0.2) is 85.8 Å². The molecule has 2 saturated heterocycles. The molecule has 0 radical (unpaired) electrons. The second kappa shape index (κ2) is 8.74. The quantitative estimate of drug-likeness (QED) is 0.781. The first-order valence-corrected chi connectivity index (χ1v) is 9.22. The number of likely N-dealkylation sites (tertiary alicyclic amines) is 1. The van der Waals surface area contributed by atoms with Gasteiger partial charge in [-0.2, -0.15) is 0 Å². The Morgan fingerprint density at radius 1 is 1.00 bits per heavy atom. The van der Waals surface area contributed by atoms with Crippen LogP contribution in [0.4, 0.5) is 5.82 Å². The van der Waals surface area contributed by atoms with Crippen molar-refractivity contribution >= 4 is 5.82 Å². The van der Waals surface area contributed by atoms with E-state index in [1.54, 1.807) is 19.5 Å².